The monoisotopic (exact) mass is 226 g/mol. The van der Waals surface area contributed by atoms with Crippen LogP contribution in [0.2, 0.25) is 0 Å². The minimum absolute atomic E-state index is 0.0239. The maximum atomic E-state index is 12.3. The first-order chi connectivity index (χ1) is 7.27. The summed E-state index contributed by atoms with van der Waals surface area (Å²) in [6.45, 7) is 10.0. The van der Waals surface area contributed by atoms with E-state index in [1.165, 1.54) is 0 Å². The van der Waals surface area contributed by atoms with Crippen molar-refractivity contribution in [2.45, 2.75) is 59.5 Å². The molecule has 0 spiro atoms. The van der Waals surface area contributed by atoms with Crippen molar-refractivity contribution < 1.29 is 9.90 Å². The molecular formula is C14H26O2. The summed E-state index contributed by atoms with van der Waals surface area (Å²) in [6, 6.07) is 0. The second-order valence-electron chi connectivity index (χ2n) is 6.19. The predicted molar refractivity (Wildman–Crippen MR) is 66.1 cm³/mol. The van der Waals surface area contributed by atoms with Crippen molar-refractivity contribution in [2.75, 3.05) is 0 Å². The Balaban J connectivity index is 2.97. The molecule has 0 unspecified atom stereocenters. The Morgan fingerprint density at radius 1 is 1.31 bits per heavy atom. The molecule has 0 aromatic carbocycles. The third-order valence-corrected chi connectivity index (χ3v) is 4.05. The Kier molecular flexibility index (Phi) is 4.17. The molecule has 1 fully saturated rings. The highest BCUT2D eigenvalue weighted by Gasteiger charge is 2.46. The highest BCUT2D eigenvalue weighted by atomic mass is 16.3. The van der Waals surface area contributed by atoms with Crippen molar-refractivity contribution in [3.05, 3.63) is 0 Å². The molecule has 1 rings (SSSR count). The van der Waals surface area contributed by atoms with Gasteiger partial charge in [0.2, 0.25) is 0 Å². The maximum absolute atomic E-state index is 12.3. The molecule has 0 bridgehead atoms. The van der Waals surface area contributed by atoms with Gasteiger partial charge in [0, 0.05) is 11.8 Å². The Morgan fingerprint density at radius 3 is 2.31 bits per heavy atom. The number of ketones is 1. The fraction of sp³-hybridized carbons (Fsp3) is 0.929. The van der Waals surface area contributed by atoms with Gasteiger partial charge in [-0.25, -0.2) is 0 Å². The number of carbonyl (C=O) groups excluding carboxylic acids is 1. The van der Waals surface area contributed by atoms with Crippen LogP contribution in [0.25, 0.3) is 0 Å². The molecule has 94 valence electrons. The first-order valence-corrected chi connectivity index (χ1v) is 6.53. The molecule has 1 saturated carbocycles. The Bertz CT molecular complexity index is 253. The van der Waals surface area contributed by atoms with E-state index in [9.17, 15) is 9.90 Å². The molecule has 0 aromatic heterocycles. The topological polar surface area (TPSA) is 37.3 Å². The zero-order valence-corrected chi connectivity index (χ0v) is 11.3. The van der Waals surface area contributed by atoms with Gasteiger partial charge in [-0.3, -0.25) is 4.79 Å². The first kappa shape index (κ1) is 13.7. The third-order valence-electron chi connectivity index (χ3n) is 4.05. The quantitative estimate of drug-likeness (QED) is 0.803. The van der Waals surface area contributed by atoms with Crippen LogP contribution in [0.15, 0.2) is 0 Å². The van der Waals surface area contributed by atoms with Crippen LogP contribution in [0.5, 0.6) is 0 Å². The highest BCUT2D eigenvalue weighted by molar-refractivity contribution is 5.84. The second-order valence-corrected chi connectivity index (χ2v) is 6.19. The molecular weight excluding hydrogens is 200 g/mol. The standard InChI is InChI=1S/C14H26O2/c1-9(2)11-7-6-8-14(5,16)12(11)13(15)10(3)4/h9-12,16H,6-8H2,1-5H3/t11-,12-,14+/m1/s1. The molecule has 1 aliphatic rings. The largest absolute Gasteiger partial charge is 0.389 e. The maximum Gasteiger partial charge on any atom is 0.141 e. The van der Waals surface area contributed by atoms with Gasteiger partial charge in [0.1, 0.15) is 5.78 Å². The number of carbonyl (C=O) groups is 1. The molecule has 1 N–H and O–H groups in total. The van der Waals surface area contributed by atoms with Crippen molar-refractivity contribution >= 4 is 5.78 Å². The summed E-state index contributed by atoms with van der Waals surface area (Å²) in [5.41, 5.74) is -0.797. The molecule has 1 aliphatic carbocycles. The minimum atomic E-state index is -0.797. The average Bonchev–Trinajstić information content (AvgIpc) is 2.14. The van der Waals surface area contributed by atoms with E-state index < -0.39 is 5.60 Å². The Morgan fingerprint density at radius 2 is 1.88 bits per heavy atom. The fourth-order valence-corrected chi connectivity index (χ4v) is 3.07. The van der Waals surface area contributed by atoms with Gasteiger partial charge in [0.15, 0.2) is 0 Å². The number of rotatable bonds is 3. The normalized spacial score (nSPS) is 35.8. The van der Waals surface area contributed by atoms with E-state index in [2.05, 4.69) is 13.8 Å². The van der Waals surface area contributed by atoms with Crippen LogP contribution in [0.1, 0.15) is 53.9 Å². The van der Waals surface area contributed by atoms with Crippen molar-refractivity contribution in [3.8, 4) is 0 Å². The van der Waals surface area contributed by atoms with E-state index in [-0.39, 0.29) is 17.6 Å². The number of hydrogen-bond donors (Lipinski definition) is 1. The molecule has 3 atom stereocenters. The van der Waals surface area contributed by atoms with Gasteiger partial charge < -0.3 is 5.11 Å². The van der Waals surface area contributed by atoms with Gasteiger partial charge in [0.25, 0.3) is 0 Å². The van der Waals surface area contributed by atoms with Crippen LogP contribution in [-0.4, -0.2) is 16.5 Å². The van der Waals surface area contributed by atoms with Crippen molar-refractivity contribution in [2.24, 2.45) is 23.7 Å². The third kappa shape index (κ3) is 2.65. The molecule has 2 nitrogen and oxygen atoms in total. The summed E-state index contributed by atoms with van der Waals surface area (Å²) >= 11 is 0. The van der Waals surface area contributed by atoms with Crippen LogP contribution in [0, 0.1) is 23.7 Å². The van der Waals surface area contributed by atoms with E-state index in [1.54, 1.807) is 0 Å². The summed E-state index contributed by atoms with van der Waals surface area (Å²) in [5.74, 6) is 0.915. The SMILES string of the molecule is CC(C)C(=O)[C@H]1[C@@H](C(C)C)CCC[C@]1(C)O. The van der Waals surface area contributed by atoms with E-state index in [0.717, 1.165) is 19.3 Å². The lowest BCUT2D eigenvalue weighted by Gasteiger charge is -2.44. The molecule has 0 amide bonds. The number of hydrogen-bond acceptors (Lipinski definition) is 2. The van der Waals surface area contributed by atoms with Crippen LogP contribution in [-0.2, 0) is 4.79 Å². The van der Waals surface area contributed by atoms with Crippen LogP contribution in [0.4, 0.5) is 0 Å². The summed E-state index contributed by atoms with van der Waals surface area (Å²) in [6.07, 6.45) is 2.88. The van der Waals surface area contributed by atoms with Crippen LogP contribution in [0.3, 0.4) is 0 Å². The number of Topliss-reactive ketones (excluding diaryl/α,β-unsaturated/α-hetero) is 1. The van der Waals surface area contributed by atoms with Crippen molar-refractivity contribution in [1.82, 2.24) is 0 Å². The van der Waals surface area contributed by atoms with E-state index in [4.69, 9.17) is 0 Å². The van der Waals surface area contributed by atoms with Gasteiger partial charge in [-0.15, -0.1) is 0 Å². The van der Waals surface area contributed by atoms with Crippen LogP contribution < -0.4 is 0 Å². The molecule has 0 aliphatic heterocycles. The van der Waals surface area contributed by atoms with E-state index >= 15 is 0 Å². The Hall–Kier alpha value is -0.370. The summed E-state index contributed by atoms with van der Waals surface area (Å²) in [7, 11) is 0. The molecule has 16 heavy (non-hydrogen) atoms. The summed E-state index contributed by atoms with van der Waals surface area (Å²) in [4.78, 5) is 12.3. The van der Waals surface area contributed by atoms with Gasteiger partial charge >= 0.3 is 0 Å². The molecule has 0 saturated heterocycles. The lowest BCUT2D eigenvalue weighted by molar-refractivity contribution is -0.145. The van der Waals surface area contributed by atoms with Gasteiger partial charge in [-0.05, 0) is 31.6 Å². The van der Waals surface area contributed by atoms with Gasteiger partial charge in [-0.1, -0.05) is 34.1 Å². The lowest BCUT2D eigenvalue weighted by atomic mass is 9.63. The van der Waals surface area contributed by atoms with Crippen molar-refractivity contribution in [1.29, 1.82) is 0 Å². The van der Waals surface area contributed by atoms with E-state index in [1.807, 2.05) is 20.8 Å². The molecule has 2 heteroatoms. The summed E-state index contributed by atoms with van der Waals surface area (Å²) in [5, 5.41) is 10.5. The van der Waals surface area contributed by atoms with Crippen LogP contribution >= 0.6 is 0 Å². The Labute approximate surface area is 99.4 Å². The highest BCUT2D eigenvalue weighted by Crippen LogP contribution is 2.42. The second kappa shape index (κ2) is 4.87. The van der Waals surface area contributed by atoms with E-state index in [0.29, 0.717) is 11.8 Å². The zero-order valence-electron chi connectivity index (χ0n) is 11.3. The first-order valence-electron chi connectivity index (χ1n) is 6.53. The van der Waals surface area contributed by atoms with Gasteiger partial charge in [0.05, 0.1) is 5.60 Å². The number of aliphatic hydroxyl groups is 1. The molecule has 0 heterocycles. The summed E-state index contributed by atoms with van der Waals surface area (Å²) < 4.78 is 0. The zero-order chi connectivity index (χ0) is 12.5. The molecule has 0 aromatic rings. The molecule has 0 radical (unpaired) electrons. The van der Waals surface area contributed by atoms with Crippen molar-refractivity contribution in [3.63, 3.8) is 0 Å². The van der Waals surface area contributed by atoms with Gasteiger partial charge in [-0.2, -0.15) is 0 Å². The smallest absolute Gasteiger partial charge is 0.141 e. The lowest BCUT2D eigenvalue weighted by Crippen LogP contribution is -2.49. The average molecular weight is 226 g/mol. The minimum Gasteiger partial charge on any atom is -0.389 e. The fourth-order valence-electron chi connectivity index (χ4n) is 3.07. The predicted octanol–water partition coefficient (Wildman–Crippen LogP) is 3.03.